The van der Waals surface area contributed by atoms with Crippen LogP contribution in [-0.2, 0) is 20.5 Å². The van der Waals surface area contributed by atoms with Gasteiger partial charge in [-0.15, -0.1) is 0 Å². The highest BCUT2D eigenvalue weighted by molar-refractivity contribution is 6.47. The highest BCUT2D eigenvalue weighted by atomic mass is 16.7. The Labute approximate surface area is 191 Å². The van der Waals surface area contributed by atoms with Gasteiger partial charge in [0, 0.05) is 6.04 Å². The number of alkyl carbamates (subject to hydrolysis) is 1. The van der Waals surface area contributed by atoms with E-state index in [0.717, 1.165) is 24.4 Å². The van der Waals surface area contributed by atoms with E-state index < -0.39 is 7.12 Å². The maximum absolute atomic E-state index is 12.8. The standard InChI is InChI=1S/C25H35BN2O4/c1-24(2)17-11-20(24)25(3)21(12-17)31-26(32-25)22(9-15-7-5-4-6-8-15)28-23(29)30-14-19-18-10-16(18)13-27-19/h4-8,16-22,27H,9-14H2,1-3H3,(H,28,29)/t16?,17-,18+,19+,20-,21+,22-,25-/m0/s1. The van der Waals surface area contributed by atoms with Crippen molar-refractivity contribution in [1.29, 1.82) is 0 Å². The minimum atomic E-state index is -0.467. The summed E-state index contributed by atoms with van der Waals surface area (Å²) in [6.07, 6.45) is 3.87. The van der Waals surface area contributed by atoms with Crippen LogP contribution in [0.5, 0.6) is 0 Å². The average molecular weight is 438 g/mol. The van der Waals surface area contributed by atoms with Crippen molar-refractivity contribution in [3.63, 3.8) is 0 Å². The van der Waals surface area contributed by atoms with E-state index in [-0.39, 0.29) is 23.7 Å². The van der Waals surface area contributed by atoms with Crippen LogP contribution >= 0.6 is 0 Å². The molecular weight excluding hydrogens is 403 g/mol. The molecule has 2 heterocycles. The SMILES string of the molecule is CC1(C)[C@@H]2C[C@H]3OB([C@H](Cc4ccccc4)NC(=O)OC[C@H]4NCC5C[C@H]54)O[C@@]3(C)[C@H]1C2. The fourth-order valence-electron chi connectivity index (χ4n) is 7.15. The molecule has 2 saturated heterocycles. The van der Waals surface area contributed by atoms with Crippen molar-refractivity contribution in [3.8, 4) is 0 Å². The first-order valence-corrected chi connectivity index (χ1v) is 12.4. The summed E-state index contributed by atoms with van der Waals surface area (Å²) in [5, 5.41) is 6.56. The Bertz CT molecular complexity index is 882. The van der Waals surface area contributed by atoms with E-state index in [1.54, 1.807) is 0 Å². The van der Waals surface area contributed by atoms with Crippen LogP contribution < -0.4 is 10.6 Å². The molecule has 7 heteroatoms. The van der Waals surface area contributed by atoms with Gasteiger partial charge in [0.25, 0.3) is 0 Å². The largest absolute Gasteiger partial charge is 0.482 e. The van der Waals surface area contributed by atoms with Crippen molar-refractivity contribution in [2.24, 2.45) is 29.1 Å². The molecule has 0 spiro atoms. The smallest absolute Gasteiger partial charge is 0.448 e. The van der Waals surface area contributed by atoms with Gasteiger partial charge >= 0.3 is 13.2 Å². The molecule has 1 aromatic rings. The first kappa shape index (κ1) is 21.0. The van der Waals surface area contributed by atoms with Crippen LogP contribution in [0.1, 0.15) is 45.6 Å². The van der Waals surface area contributed by atoms with Gasteiger partial charge in [-0.2, -0.15) is 0 Å². The number of amides is 1. The van der Waals surface area contributed by atoms with Crippen LogP contribution in [0, 0.1) is 29.1 Å². The highest BCUT2D eigenvalue weighted by Crippen LogP contribution is 2.65. The van der Waals surface area contributed by atoms with E-state index in [2.05, 4.69) is 43.5 Å². The van der Waals surface area contributed by atoms with E-state index >= 15 is 0 Å². The predicted molar refractivity (Wildman–Crippen MR) is 122 cm³/mol. The maximum atomic E-state index is 12.8. The topological polar surface area (TPSA) is 68.8 Å². The van der Waals surface area contributed by atoms with Crippen molar-refractivity contribution in [2.45, 2.75) is 70.1 Å². The number of carbonyl (C=O) groups excluding carboxylic acids is 1. The highest BCUT2D eigenvalue weighted by Gasteiger charge is 2.68. The van der Waals surface area contributed by atoms with E-state index in [0.29, 0.717) is 42.2 Å². The number of piperidine rings is 1. The Hall–Kier alpha value is -1.57. The number of fused-ring (bicyclic) bond motifs is 1. The first-order chi connectivity index (χ1) is 15.3. The number of nitrogens with one attached hydrogen (secondary N) is 2. The predicted octanol–water partition coefficient (Wildman–Crippen LogP) is 3.20. The van der Waals surface area contributed by atoms with Gasteiger partial charge < -0.3 is 24.7 Å². The van der Waals surface area contributed by atoms with E-state index in [1.807, 2.05) is 18.2 Å². The summed E-state index contributed by atoms with van der Waals surface area (Å²) in [6.45, 7) is 8.43. The molecule has 4 saturated carbocycles. The molecule has 6 nitrogen and oxygen atoms in total. The summed E-state index contributed by atoms with van der Waals surface area (Å²) in [7, 11) is -0.467. The summed E-state index contributed by atoms with van der Waals surface area (Å²) in [5.74, 6) is 2.37. The number of hydrogen-bond acceptors (Lipinski definition) is 5. The molecule has 32 heavy (non-hydrogen) atoms. The van der Waals surface area contributed by atoms with Gasteiger partial charge in [-0.1, -0.05) is 44.2 Å². The van der Waals surface area contributed by atoms with Crippen molar-refractivity contribution in [3.05, 3.63) is 35.9 Å². The third-order valence-corrected chi connectivity index (χ3v) is 9.43. The zero-order valence-electron chi connectivity index (χ0n) is 19.4. The number of hydrogen-bond donors (Lipinski definition) is 2. The summed E-state index contributed by atoms with van der Waals surface area (Å²) in [4.78, 5) is 12.8. The minimum Gasteiger partial charge on any atom is -0.448 e. The third-order valence-electron chi connectivity index (χ3n) is 9.43. The molecule has 8 atom stereocenters. The molecule has 6 fully saturated rings. The van der Waals surface area contributed by atoms with Crippen molar-refractivity contribution in [1.82, 2.24) is 10.6 Å². The molecule has 172 valence electrons. The van der Waals surface area contributed by atoms with Crippen LogP contribution in [-0.4, -0.2) is 50.1 Å². The molecule has 2 aliphatic heterocycles. The molecule has 1 amide bonds. The van der Waals surface area contributed by atoms with E-state index in [4.69, 9.17) is 14.0 Å². The molecule has 6 aliphatic rings. The molecule has 7 rings (SSSR count). The summed E-state index contributed by atoms with van der Waals surface area (Å²) in [5.41, 5.74) is 1.14. The van der Waals surface area contributed by atoms with Crippen LogP contribution in [0.2, 0.25) is 0 Å². The minimum absolute atomic E-state index is 0.0925. The second-order valence-corrected chi connectivity index (χ2v) is 11.6. The second kappa shape index (κ2) is 7.47. The number of ether oxygens (including phenoxy) is 1. The van der Waals surface area contributed by atoms with Gasteiger partial charge in [0.2, 0.25) is 0 Å². The summed E-state index contributed by atoms with van der Waals surface area (Å²) in [6, 6.07) is 10.5. The monoisotopic (exact) mass is 438 g/mol. The van der Waals surface area contributed by atoms with Crippen LogP contribution in [0.15, 0.2) is 30.3 Å². The molecular formula is C25H35BN2O4. The van der Waals surface area contributed by atoms with Gasteiger partial charge in [-0.3, -0.25) is 0 Å². The lowest BCUT2D eigenvalue weighted by Gasteiger charge is -2.64. The molecule has 2 bridgehead atoms. The molecule has 2 N–H and O–H groups in total. The molecule has 0 radical (unpaired) electrons. The molecule has 1 aromatic carbocycles. The Morgan fingerprint density at radius 1 is 1.25 bits per heavy atom. The Balaban J connectivity index is 1.15. The Morgan fingerprint density at radius 3 is 2.75 bits per heavy atom. The average Bonchev–Trinajstić information content (AvgIpc) is 3.29. The summed E-state index contributed by atoms with van der Waals surface area (Å²) < 4.78 is 18.8. The quantitative estimate of drug-likeness (QED) is 0.668. The van der Waals surface area contributed by atoms with Gasteiger partial charge in [0.05, 0.1) is 17.6 Å². The number of rotatable bonds is 6. The van der Waals surface area contributed by atoms with Gasteiger partial charge in [-0.05, 0) is 73.8 Å². The Kier molecular flexibility index (Phi) is 4.90. The van der Waals surface area contributed by atoms with Crippen molar-refractivity contribution in [2.75, 3.05) is 13.2 Å². The number of carbonyl (C=O) groups is 1. The zero-order valence-corrected chi connectivity index (χ0v) is 19.4. The fraction of sp³-hybridized carbons (Fsp3) is 0.720. The van der Waals surface area contributed by atoms with Crippen LogP contribution in [0.25, 0.3) is 0 Å². The first-order valence-electron chi connectivity index (χ1n) is 12.4. The van der Waals surface area contributed by atoms with Crippen molar-refractivity contribution < 1.29 is 18.8 Å². The lowest BCUT2D eigenvalue weighted by molar-refractivity contribution is -0.199. The van der Waals surface area contributed by atoms with Crippen LogP contribution in [0.3, 0.4) is 0 Å². The molecule has 1 unspecified atom stereocenters. The third kappa shape index (κ3) is 3.39. The fourth-order valence-corrected chi connectivity index (χ4v) is 7.15. The van der Waals surface area contributed by atoms with E-state index in [9.17, 15) is 4.79 Å². The van der Waals surface area contributed by atoms with Gasteiger partial charge in [0.15, 0.2) is 0 Å². The molecule has 0 aromatic heterocycles. The van der Waals surface area contributed by atoms with Crippen molar-refractivity contribution >= 4 is 13.2 Å². The second-order valence-electron chi connectivity index (χ2n) is 11.6. The van der Waals surface area contributed by atoms with Crippen LogP contribution in [0.4, 0.5) is 4.79 Å². The van der Waals surface area contributed by atoms with Gasteiger partial charge in [0.1, 0.15) is 6.61 Å². The normalized spacial score (nSPS) is 41.3. The lowest BCUT2D eigenvalue weighted by Crippen LogP contribution is -2.65. The zero-order chi connectivity index (χ0) is 22.1. The lowest BCUT2D eigenvalue weighted by atomic mass is 9.43. The maximum Gasteiger partial charge on any atom is 0.482 e. The number of benzene rings is 1. The Morgan fingerprint density at radius 2 is 2.06 bits per heavy atom. The van der Waals surface area contributed by atoms with Gasteiger partial charge in [-0.25, -0.2) is 4.79 Å². The van der Waals surface area contributed by atoms with E-state index in [1.165, 1.54) is 12.8 Å². The molecule has 4 aliphatic carbocycles. The summed E-state index contributed by atoms with van der Waals surface area (Å²) >= 11 is 0.